The highest BCUT2D eigenvalue weighted by Gasteiger charge is 2.23. The molecule has 3 heteroatoms. The number of aldehydes is 1. The Balaban J connectivity index is 0.00000144. The molecule has 2 atom stereocenters. The van der Waals surface area contributed by atoms with Gasteiger partial charge in [0.25, 0.3) is 0 Å². The molecule has 1 saturated heterocycles. The lowest BCUT2D eigenvalue weighted by Gasteiger charge is -2.35. The first-order valence-electron chi connectivity index (χ1n) is 4.97. The Hall–Kier alpha value is 0.360. The van der Waals surface area contributed by atoms with Crippen molar-refractivity contribution in [2.45, 2.75) is 39.2 Å². The van der Waals surface area contributed by atoms with Crippen LogP contribution in [0.25, 0.3) is 0 Å². The smallest absolute Gasteiger partial charge is 0.123 e. The number of rotatable bonds is 3. The van der Waals surface area contributed by atoms with Crippen LogP contribution in [0.3, 0.4) is 0 Å². The maximum Gasteiger partial charge on any atom is 0.123 e. The second kappa shape index (κ2) is 6.76. The van der Waals surface area contributed by atoms with E-state index in [9.17, 15) is 4.79 Å². The Morgan fingerprint density at radius 3 is 2.69 bits per heavy atom. The van der Waals surface area contributed by atoms with Crippen molar-refractivity contribution in [1.29, 1.82) is 0 Å². The van der Waals surface area contributed by atoms with Crippen molar-refractivity contribution >= 4 is 30.3 Å². The Bertz CT molecular complexity index is 152. The van der Waals surface area contributed by atoms with Gasteiger partial charge in [0.1, 0.15) is 6.29 Å². The van der Waals surface area contributed by atoms with Gasteiger partial charge in [0.05, 0.1) is 0 Å². The lowest BCUT2D eigenvalue weighted by Crippen LogP contribution is -2.41. The van der Waals surface area contributed by atoms with Crippen LogP contribution in [0.2, 0.25) is 0 Å². The van der Waals surface area contributed by atoms with Gasteiger partial charge in [0, 0.05) is 12.0 Å². The SMILES string of the molecule is CCCN1CCC(C=O)CC1C.I. The van der Waals surface area contributed by atoms with Gasteiger partial charge in [0.15, 0.2) is 0 Å². The summed E-state index contributed by atoms with van der Waals surface area (Å²) in [6.07, 6.45) is 4.47. The highest BCUT2D eigenvalue weighted by atomic mass is 127. The number of halogens is 1. The molecule has 0 aliphatic carbocycles. The third-order valence-electron chi connectivity index (χ3n) is 2.76. The van der Waals surface area contributed by atoms with E-state index >= 15 is 0 Å². The maximum atomic E-state index is 10.6. The van der Waals surface area contributed by atoms with E-state index in [4.69, 9.17) is 0 Å². The maximum absolute atomic E-state index is 10.6. The molecule has 1 fully saturated rings. The molecule has 0 aromatic heterocycles. The van der Waals surface area contributed by atoms with Crippen LogP contribution in [0.5, 0.6) is 0 Å². The van der Waals surface area contributed by atoms with Gasteiger partial charge in [-0.15, -0.1) is 24.0 Å². The number of nitrogens with zero attached hydrogens (tertiary/aromatic N) is 1. The number of piperidine rings is 1. The molecule has 0 aromatic carbocycles. The fourth-order valence-corrected chi connectivity index (χ4v) is 2.00. The number of carbonyl (C=O) groups is 1. The molecule has 0 radical (unpaired) electrons. The van der Waals surface area contributed by atoms with Crippen molar-refractivity contribution in [3.05, 3.63) is 0 Å². The average Bonchev–Trinajstić information content (AvgIpc) is 2.09. The molecule has 2 nitrogen and oxygen atoms in total. The second-order valence-corrected chi connectivity index (χ2v) is 3.81. The van der Waals surface area contributed by atoms with Gasteiger partial charge in [-0.1, -0.05) is 6.92 Å². The van der Waals surface area contributed by atoms with Crippen LogP contribution in [0, 0.1) is 5.92 Å². The van der Waals surface area contributed by atoms with E-state index in [1.165, 1.54) is 13.0 Å². The summed E-state index contributed by atoms with van der Waals surface area (Å²) in [5.74, 6) is 0.327. The van der Waals surface area contributed by atoms with E-state index in [2.05, 4.69) is 18.7 Å². The summed E-state index contributed by atoms with van der Waals surface area (Å²) >= 11 is 0. The highest BCUT2D eigenvalue weighted by Crippen LogP contribution is 2.20. The van der Waals surface area contributed by atoms with E-state index in [1.54, 1.807) is 0 Å². The van der Waals surface area contributed by atoms with Crippen molar-refractivity contribution in [1.82, 2.24) is 4.90 Å². The van der Waals surface area contributed by atoms with Gasteiger partial charge in [-0.25, -0.2) is 0 Å². The average molecular weight is 297 g/mol. The Morgan fingerprint density at radius 1 is 1.54 bits per heavy atom. The molecule has 2 unspecified atom stereocenters. The second-order valence-electron chi connectivity index (χ2n) is 3.81. The van der Waals surface area contributed by atoms with Crippen LogP contribution in [-0.2, 0) is 4.79 Å². The van der Waals surface area contributed by atoms with Gasteiger partial charge < -0.3 is 9.69 Å². The molecule has 0 bridgehead atoms. The zero-order valence-corrected chi connectivity index (χ0v) is 10.9. The van der Waals surface area contributed by atoms with E-state index in [1.807, 2.05) is 0 Å². The van der Waals surface area contributed by atoms with Crippen LogP contribution in [0.4, 0.5) is 0 Å². The van der Waals surface area contributed by atoms with Crippen molar-refractivity contribution in [2.24, 2.45) is 5.92 Å². The first kappa shape index (κ1) is 13.4. The molecule has 0 N–H and O–H groups in total. The molecular formula is C10H20INO. The lowest BCUT2D eigenvalue weighted by molar-refractivity contribution is -0.112. The lowest BCUT2D eigenvalue weighted by atomic mass is 9.93. The first-order chi connectivity index (χ1) is 5.77. The molecule has 0 amide bonds. The highest BCUT2D eigenvalue weighted by molar-refractivity contribution is 14.0. The van der Waals surface area contributed by atoms with Crippen molar-refractivity contribution in [2.75, 3.05) is 13.1 Å². The molecule has 1 aliphatic heterocycles. The predicted molar refractivity (Wildman–Crippen MR) is 65.5 cm³/mol. The molecule has 0 spiro atoms. The van der Waals surface area contributed by atoms with Crippen molar-refractivity contribution in [3.8, 4) is 0 Å². The molecule has 78 valence electrons. The molecular weight excluding hydrogens is 277 g/mol. The minimum atomic E-state index is 0. The quantitative estimate of drug-likeness (QED) is 0.588. The van der Waals surface area contributed by atoms with E-state index in [-0.39, 0.29) is 24.0 Å². The van der Waals surface area contributed by atoms with Crippen molar-refractivity contribution < 1.29 is 4.79 Å². The normalized spacial score (nSPS) is 29.4. The van der Waals surface area contributed by atoms with Crippen LogP contribution < -0.4 is 0 Å². The molecule has 1 heterocycles. The summed E-state index contributed by atoms with van der Waals surface area (Å²) in [6.45, 7) is 6.73. The number of hydrogen-bond acceptors (Lipinski definition) is 2. The van der Waals surface area contributed by atoms with E-state index in [0.717, 1.165) is 25.7 Å². The fraction of sp³-hybridized carbons (Fsp3) is 0.900. The van der Waals surface area contributed by atoms with E-state index in [0.29, 0.717) is 12.0 Å². The summed E-state index contributed by atoms with van der Waals surface area (Å²) in [7, 11) is 0. The number of hydrogen-bond donors (Lipinski definition) is 0. The Morgan fingerprint density at radius 2 is 2.23 bits per heavy atom. The zero-order valence-electron chi connectivity index (χ0n) is 8.53. The molecule has 1 rings (SSSR count). The van der Waals surface area contributed by atoms with Gasteiger partial charge >= 0.3 is 0 Å². The number of likely N-dealkylation sites (tertiary alicyclic amines) is 1. The largest absolute Gasteiger partial charge is 0.303 e. The molecule has 0 aromatic rings. The van der Waals surface area contributed by atoms with Gasteiger partial charge in [-0.05, 0) is 39.3 Å². The van der Waals surface area contributed by atoms with E-state index < -0.39 is 0 Å². The minimum Gasteiger partial charge on any atom is -0.303 e. The monoisotopic (exact) mass is 297 g/mol. The fourth-order valence-electron chi connectivity index (χ4n) is 2.00. The summed E-state index contributed by atoms with van der Waals surface area (Å²) in [6, 6.07) is 0.605. The topological polar surface area (TPSA) is 20.3 Å². The Labute approximate surface area is 98.1 Å². The van der Waals surface area contributed by atoms with Crippen LogP contribution in [-0.4, -0.2) is 30.3 Å². The Kier molecular flexibility index (Phi) is 6.95. The predicted octanol–water partition coefficient (Wildman–Crippen LogP) is 2.31. The summed E-state index contributed by atoms with van der Waals surface area (Å²) in [5, 5.41) is 0. The minimum absolute atomic E-state index is 0. The van der Waals surface area contributed by atoms with Gasteiger partial charge in [0.2, 0.25) is 0 Å². The summed E-state index contributed by atoms with van der Waals surface area (Å²) < 4.78 is 0. The zero-order chi connectivity index (χ0) is 8.97. The van der Waals surface area contributed by atoms with Crippen LogP contribution >= 0.6 is 24.0 Å². The molecule has 13 heavy (non-hydrogen) atoms. The summed E-state index contributed by atoms with van der Waals surface area (Å²) in [5.41, 5.74) is 0. The number of carbonyl (C=O) groups excluding carboxylic acids is 1. The van der Waals surface area contributed by atoms with Gasteiger partial charge in [-0.2, -0.15) is 0 Å². The standard InChI is InChI=1S/C10H19NO.HI/c1-3-5-11-6-4-10(8-12)7-9(11)2;/h8-10H,3-7H2,1-2H3;1H. The first-order valence-corrected chi connectivity index (χ1v) is 4.97. The van der Waals surface area contributed by atoms with Gasteiger partial charge in [-0.3, -0.25) is 0 Å². The molecule has 1 aliphatic rings. The third-order valence-corrected chi connectivity index (χ3v) is 2.76. The van der Waals surface area contributed by atoms with Crippen LogP contribution in [0.15, 0.2) is 0 Å². The molecule has 0 saturated carbocycles. The summed E-state index contributed by atoms with van der Waals surface area (Å²) in [4.78, 5) is 13.0. The van der Waals surface area contributed by atoms with Crippen LogP contribution in [0.1, 0.15) is 33.1 Å². The van der Waals surface area contributed by atoms with Crippen molar-refractivity contribution in [3.63, 3.8) is 0 Å². The third kappa shape index (κ3) is 3.94.